The number of carbonyl (C=O) groups is 1. The Labute approximate surface area is 179 Å². The average molecular weight is 448 g/mol. The van der Waals surface area contributed by atoms with Gasteiger partial charge in [0, 0.05) is 24.5 Å². The van der Waals surface area contributed by atoms with Crippen LogP contribution in [0.2, 0.25) is 0 Å². The second-order valence-corrected chi connectivity index (χ2v) is 8.35. The number of hydrogen-bond acceptors (Lipinski definition) is 6. The van der Waals surface area contributed by atoms with Gasteiger partial charge in [-0.05, 0) is 47.4 Å². The van der Waals surface area contributed by atoms with Crippen molar-refractivity contribution < 1.29 is 23.1 Å². The third-order valence-electron chi connectivity index (χ3n) is 4.90. The Morgan fingerprint density at radius 3 is 2.81 bits per heavy atom. The topological polar surface area (TPSA) is 100 Å². The Bertz CT molecular complexity index is 1130. The standard InChI is InChI=1S/C21H19F3N4O2S/c22-21(23,24)15-3-1-11(6-17(15)29)5-14(25)9-26-20-27-10-18(31-20)12-2-4-16-13(7-12)8-19(30)28-16/h1-4,6-7,10,14,29H,5,8-9,25H2,(H,26,27)(H,28,30)/t14-/m1/s1. The van der Waals surface area contributed by atoms with Crippen molar-refractivity contribution in [3.63, 3.8) is 0 Å². The first kappa shape index (κ1) is 21.1. The molecule has 1 atom stereocenters. The van der Waals surface area contributed by atoms with E-state index in [0.717, 1.165) is 33.8 Å². The van der Waals surface area contributed by atoms with E-state index in [1.807, 2.05) is 18.2 Å². The number of amides is 1. The lowest BCUT2D eigenvalue weighted by atomic mass is 10.0. The van der Waals surface area contributed by atoms with Crippen LogP contribution in [0, 0.1) is 0 Å². The number of rotatable bonds is 6. The molecule has 162 valence electrons. The SMILES string of the molecule is N[C@@H](CNc1ncc(-c2ccc3c(c2)CC(=O)N3)s1)Cc1ccc(C(F)(F)F)c(O)c1. The van der Waals surface area contributed by atoms with Crippen LogP contribution in [0.3, 0.4) is 0 Å². The molecule has 0 aliphatic carbocycles. The zero-order chi connectivity index (χ0) is 22.2. The smallest absolute Gasteiger partial charge is 0.419 e. The number of phenolic OH excluding ortho intramolecular Hbond substituents is 1. The summed E-state index contributed by atoms with van der Waals surface area (Å²) >= 11 is 1.44. The number of anilines is 2. The molecule has 0 unspecified atom stereocenters. The summed E-state index contributed by atoms with van der Waals surface area (Å²) in [6, 6.07) is 8.64. The maximum atomic E-state index is 12.7. The fraction of sp³-hybridized carbons (Fsp3) is 0.238. The molecule has 0 saturated carbocycles. The first-order valence-corrected chi connectivity index (χ1v) is 10.3. The van der Waals surface area contributed by atoms with Gasteiger partial charge in [-0.2, -0.15) is 13.2 Å². The van der Waals surface area contributed by atoms with Crippen molar-refractivity contribution in [1.82, 2.24) is 4.98 Å². The van der Waals surface area contributed by atoms with E-state index < -0.39 is 17.5 Å². The second kappa shape index (κ2) is 8.20. The van der Waals surface area contributed by atoms with Crippen molar-refractivity contribution in [2.75, 3.05) is 17.2 Å². The monoisotopic (exact) mass is 448 g/mol. The molecular weight excluding hydrogens is 429 g/mol. The quantitative estimate of drug-likeness (QED) is 0.457. The fourth-order valence-electron chi connectivity index (χ4n) is 3.41. The molecule has 1 aliphatic heterocycles. The van der Waals surface area contributed by atoms with E-state index in [4.69, 9.17) is 5.73 Å². The van der Waals surface area contributed by atoms with Crippen molar-refractivity contribution in [3.05, 3.63) is 59.3 Å². The van der Waals surface area contributed by atoms with Crippen molar-refractivity contribution in [2.24, 2.45) is 5.73 Å². The zero-order valence-corrected chi connectivity index (χ0v) is 17.0. The van der Waals surface area contributed by atoms with Gasteiger partial charge in [0.15, 0.2) is 5.13 Å². The predicted molar refractivity (Wildman–Crippen MR) is 113 cm³/mol. The third-order valence-corrected chi connectivity index (χ3v) is 5.91. The molecular formula is C21H19F3N4O2S. The Kier molecular flexibility index (Phi) is 5.59. The minimum absolute atomic E-state index is 0.0193. The van der Waals surface area contributed by atoms with Gasteiger partial charge < -0.3 is 21.5 Å². The molecule has 4 rings (SSSR count). The molecule has 0 bridgehead atoms. The number of nitrogens with two attached hydrogens (primary N) is 1. The number of aromatic nitrogens is 1. The summed E-state index contributed by atoms with van der Waals surface area (Å²) < 4.78 is 38.2. The summed E-state index contributed by atoms with van der Waals surface area (Å²) in [6.45, 7) is 0.358. The van der Waals surface area contributed by atoms with E-state index >= 15 is 0 Å². The van der Waals surface area contributed by atoms with Crippen molar-refractivity contribution in [1.29, 1.82) is 0 Å². The Morgan fingerprint density at radius 2 is 2.06 bits per heavy atom. The van der Waals surface area contributed by atoms with Gasteiger partial charge in [0.2, 0.25) is 5.91 Å². The van der Waals surface area contributed by atoms with Gasteiger partial charge in [-0.25, -0.2) is 4.98 Å². The molecule has 6 nitrogen and oxygen atoms in total. The number of phenols is 1. The second-order valence-electron chi connectivity index (χ2n) is 7.32. The highest BCUT2D eigenvalue weighted by Crippen LogP contribution is 2.36. The molecule has 2 heterocycles. The van der Waals surface area contributed by atoms with Crippen LogP contribution in [0.1, 0.15) is 16.7 Å². The number of nitrogens with zero attached hydrogens (tertiary/aromatic N) is 1. The molecule has 0 fully saturated rings. The van der Waals surface area contributed by atoms with Crippen LogP contribution in [-0.2, 0) is 23.8 Å². The lowest BCUT2D eigenvalue weighted by Gasteiger charge is -2.14. The number of carbonyl (C=O) groups excluding carboxylic acids is 1. The average Bonchev–Trinajstić information content (AvgIpc) is 3.30. The molecule has 1 aromatic heterocycles. The summed E-state index contributed by atoms with van der Waals surface area (Å²) in [5, 5.41) is 16.2. The molecule has 1 amide bonds. The first-order valence-electron chi connectivity index (χ1n) is 9.46. The molecule has 1 aliphatic rings. The summed E-state index contributed by atoms with van der Waals surface area (Å²) in [4.78, 5) is 16.8. The predicted octanol–water partition coefficient (Wildman–Crippen LogP) is 4.01. The van der Waals surface area contributed by atoms with Crippen molar-refractivity contribution in [2.45, 2.75) is 25.1 Å². The molecule has 0 spiro atoms. The number of aromatic hydroxyl groups is 1. The number of benzene rings is 2. The molecule has 10 heteroatoms. The number of fused-ring (bicyclic) bond motifs is 1. The summed E-state index contributed by atoms with van der Waals surface area (Å²) in [5.41, 5.74) is 8.29. The number of thiazole rings is 1. The molecule has 3 aromatic rings. The maximum Gasteiger partial charge on any atom is 0.419 e. The van der Waals surface area contributed by atoms with Gasteiger partial charge in [0.1, 0.15) is 5.75 Å². The highest BCUT2D eigenvalue weighted by Gasteiger charge is 2.33. The van der Waals surface area contributed by atoms with E-state index in [2.05, 4.69) is 15.6 Å². The first-order chi connectivity index (χ1) is 14.7. The lowest BCUT2D eigenvalue weighted by Crippen LogP contribution is -2.31. The van der Waals surface area contributed by atoms with Gasteiger partial charge in [0.05, 0.1) is 16.9 Å². The van der Waals surface area contributed by atoms with Crippen LogP contribution in [0.5, 0.6) is 5.75 Å². The molecule has 2 aromatic carbocycles. The Balaban J connectivity index is 1.35. The van der Waals surface area contributed by atoms with E-state index in [9.17, 15) is 23.1 Å². The largest absolute Gasteiger partial charge is 0.507 e. The van der Waals surface area contributed by atoms with E-state index in [1.54, 1.807) is 6.20 Å². The normalized spacial score (nSPS) is 14.3. The summed E-state index contributed by atoms with van der Waals surface area (Å²) in [6.07, 6.45) is -2.21. The number of hydrogen-bond donors (Lipinski definition) is 4. The maximum absolute atomic E-state index is 12.7. The number of nitrogens with one attached hydrogen (secondary N) is 2. The molecule has 0 radical (unpaired) electrons. The minimum atomic E-state index is -4.60. The zero-order valence-electron chi connectivity index (χ0n) is 16.2. The van der Waals surface area contributed by atoms with E-state index in [1.165, 1.54) is 17.4 Å². The third kappa shape index (κ3) is 4.80. The Morgan fingerprint density at radius 1 is 1.26 bits per heavy atom. The van der Waals surface area contributed by atoms with Crippen molar-refractivity contribution >= 4 is 28.1 Å². The highest BCUT2D eigenvalue weighted by atomic mass is 32.1. The molecule has 5 N–H and O–H groups in total. The van der Waals surface area contributed by atoms with Crippen LogP contribution >= 0.6 is 11.3 Å². The summed E-state index contributed by atoms with van der Waals surface area (Å²) in [7, 11) is 0. The number of alkyl halides is 3. The van der Waals surface area contributed by atoms with Crippen LogP contribution in [0.4, 0.5) is 24.0 Å². The van der Waals surface area contributed by atoms with Gasteiger partial charge >= 0.3 is 6.18 Å². The van der Waals surface area contributed by atoms with Crippen LogP contribution in [0.15, 0.2) is 42.6 Å². The number of halogens is 3. The Hall–Kier alpha value is -3.11. The van der Waals surface area contributed by atoms with Crippen LogP contribution in [-0.4, -0.2) is 28.6 Å². The molecule has 0 saturated heterocycles. The molecule has 31 heavy (non-hydrogen) atoms. The van der Waals surface area contributed by atoms with Gasteiger partial charge in [-0.3, -0.25) is 4.79 Å². The summed E-state index contributed by atoms with van der Waals surface area (Å²) in [5.74, 6) is -0.824. The highest BCUT2D eigenvalue weighted by molar-refractivity contribution is 7.18. The fourth-order valence-corrected chi connectivity index (χ4v) is 4.23. The van der Waals surface area contributed by atoms with Crippen molar-refractivity contribution in [3.8, 4) is 16.2 Å². The van der Waals surface area contributed by atoms with Gasteiger partial charge in [-0.1, -0.05) is 23.5 Å². The minimum Gasteiger partial charge on any atom is -0.507 e. The van der Waals surface area contributed by atoms with Crippen LogP contribution in [0.25, 0.3) is 10.4 Å². The van der Waals surface area contributed by atoms with Gasteiger partial charge in [-0.15, -0.1) is 0 Å². The van der Waals surface area contributed by atoms with Gasteiger partial charge in [0.25, 0.3) is 0 Å². The van der Waals surface area contributed by atoms with Crippen LogP contribution < -0.4 is 16.4 Å². The lowest BCUT2D eigenvalue weighted by molar-refractivity contribution is -0.138. The van der Waals surface area contributed by atoms with E-state index in [-0.39, 0.29) is 11.9 Å². The van der Waals surface area contributed by atoms with E-state index in [0.29, 0.717) is 30.1 Å².